The normalized spacial score (nSPS) is 13.3. The van der Waals surface area contributed by atoms with Crippen molar-refractivity contribution in [3.8, 4) is 0 Å². The van der Waals surface area contributed by atoms with E-state index in [4.69, 9.17) is 0 Å². The maximum absolute atomic E-state index is 12.7. The Hall–Kier alpha value is -2.83. The molecule has 0 atom stereocenters. The van der Waals surface area contributed by atoms with Crippen LogP contribution in [0.5, 0.6) is 0 Å². The second kappa shape index (κ2) is 8.46. The van der Waals surface area contributed by atoms with Gasteiger partial charge in [-0.15, -0.1) is 0 Å². The van der Waals surface area contributed by atoms with Crippen LogP contribution in [0.3, 0.4) is 0 Å². The van der Waals surface area contributed by atoms with E-state index in [1.807, 2.05) is 24.3 Å². The molecule has 148 valence electrons. The molecule has 1 aliphatic heterocycles. The van der Waals surface area contributed by atoms with Crippen molar-refractivity contribution >= 4 is 11.8 Å². The van der Waals surface area contributed by atoms with E-state index in [1.165, 1.54) is 12.1 Å². The fourth-order valence-corrected chi connectivity index (χ4v) is 3.24. The minimum atomic E-state index is -4.43. The number of carbonyl (C=O) groups is 2. The van der Waals surface area contributed by atoms with Crippen LogP contribution in [0.25, 0.3) is 0 Å². The summed E-state index contributed by atoms with van der Waals surface area (Å²) in [4.78, 5) is 26.0. The summed E-state index contributed by atoms with van der Waals surface area (Å²) >= 11 is 0. The topological polar surface area (TPSA) is 49.4 Å². The molecule has 1 N–H and O–H groups in total. The van der Waals surface area contributed by atoms with Crippen molar-refractivity contribution in [2.45, 2.75) is 38.5 Å². The number of hydrogen-bond acceptors (Lipinski definition) is 2. The average molecular weight is 390 g/mol. The van der Waals surface area contributed by atoms with Crippen LogP contribution in [0.4, 0.5) is 13.2 Å². The van der Waals surface area contributed by atoms with E-state index in [1.54, 1.807) is 4.90 Å². The number of hydrogen-bond donors (Lipinski definition) is 1. The van der Waals surface area contributed by atoms with Gasteiger partial charge in [0, 0.05) is 26.1 Å². The van der Waals surface area contributed by atoms with Crippen LogP contribution < -0.4 is 5.32 Å². The van der Waals surface area contributed by atoms with Gasteiger partial charge in [-0.25, -0.2) is 0 Å². The van der Waals surface area contributed by atoms with E-state index >= 15 is 0 Å². The molecule has 4 nitrogen and oxygen atoms in total. The molecule has 0 radical (unpaired) electrons. The maximum Gasteiger partial charge on any atom is 0.416 e. The first-order chi connectivity index (χ1) is 13.3. The molecular formula is C21H21F3N2O2. The number of halogens is 3. The van der Waals surface area contributed by atoms with Crippen LogP contribution in [0.1, 0.15) is 35.1 Å². The van der Waals surface area contributed by atoms with Gasteiger partial charge in [0.25, 0.3) is 0 Å². The molecule has 28 heavy (non-hydrogen) atoms. The number of fused-ring (bicyclic) bond motifs is 1. The minimum Gasteiger partial charge on any atom is -0.356 e. The zero-order chi connectivity index (χ0) is 20.1. The number of nitrogens with zero attached hydrogens (tertiary/aromatic N) is 1. The molecule has 2 aromatic carbocycles. The highest BCUT2D eigenvalue weighted by molar-refractivity contribution is 5.79. The molecule has 0 saturated heterocycles. The van der Waals surface area contributed by atoms with E-state index in [2.05, 4.69) is 5.32 Å². The molecule has 0 fully saturated rings. The summed E-state index contributed by atoms with van der Waals surface area (Å²) in [5.74, 6) is -0.330. The molecule has 7 heteroatoms. The Kier molecular flexibility index (Phi) is 6.02. The summed E-state index contributed by atoms with van der Waals surface area (Å²) in [6, 6.07) is 12.7. The van der Waals surface area contributed by atoms with Crippen LogP contribution in [0.2, 0.25) is 0 Å². The van der Waals surface area contributed by atoms with Crippen molar-refractivity contribution in [2.75, 3.05) is 6.54 Å². The van der Waals surface area contributed by atoms with Crippen LogP contribution in [-0.2, 0) is 35.3 Å². The van der Waals surface area contributed by atoms with Gasteiger partial charge < -0.3 is 10.2 Å². The van der Waals surface area contributed by atoms with Crippen molar-refractivity contribution < 1.29 is 22.8 Å². The van der Waals surface area contributed by atoms with Gasteiger partial charge in [-0.3, -0.25) is 9.59 Å². The van der Waals surface area contributed by atoms with Gasteiger partial charge in [0.05, 0.1) is 12.0 Å². The van der Waals surface area contributed by atoms with Gasteiger partial charge in [0.2, 0.25) is 11.8 Å². The van der Waals surface area contributed by atoms with Crippen molar-refractivity contribution in [1.82, 2.24) is 10.2 Å². The lowest BCUT2D eigenvalue weighted by Gasteiger charge is -2.15. The van der Waals surface area contributed by atoms with Crippen LogP contribution >= 0.6 is 0 Å². The van der Waals surface area contributed by atoms with Gasteiger partial charge in [0.1, 0.15) is 0 Å². The van der Waals surface area contributed by atoms with Crippen molar-refractivity contribution in [2.24, 2.45) is 0 Å². The Bertz CT molecular complexity index is 840. The van der Waals surface area contributed by atoms with E-state index in [-0.39, 0.29) is 18.2 Å². The second-order valence-electron chi connectivity index (χ2n) is 6.85. The fourth-order valence-electron chi connectivity index (χ4n) is 3.24. The van der Waals surface area contributed by atoms with Gasteiger partial charge in [-0.2, -0.15) is 13.2 Å². The number of carbonyl (C=O) groups excluding carboxylic acids is 2. The zero-order valence-electron chi connectivity index (χ0n) is 15.3. The summed E-state index contributed by atoms with van der Waals surface area (Å²) < 4.78 is 38.1. The van der Waals surface area contributed by atoms with E-state index in [9.17, 15) is 22.8 Å². The second-order valence-corrected chi connectivity index (χ2v) is 6.85. The van der Waals surface area contributed by atoms with Crippen molar-refractivity contribution in [1.29, 1.82) is 0 Å². The summed E-state index contributed by atoms with van der Waals surface area (Å²) in [7, 11) is 0. The van der Waals surface area contributed by atoms with Crippen molar-refractivity contribution in [3.05, 3.63) is 70.8 Å². The summed E-state index contributed by atoms with van der Waals surface area (Å²) in [6.45, 7) is 1.53. The molecule has 1 aliphatic rings. The number of nitrogens with one attached hydrogen (secondary N) is 1. The fraction of sp³-hybridized carbons (Fsp3) is 0.333. The maximum atomic E-state index is 12.7. The summed E-state index contributed by atoms with van der Waals surface area (Å²) in [5.41, 5.74) is 1.85. The highest BCUT2D eigenvalue weighted by atomic mass is 19.4. The number of alkyl halides is 3. The molecule has 0 spiro atoms. The van der Waals surface area contributed by atoms with E-state index in [0.717, 1.165) is 23.3 Å². The lowest BCUT2D eigenvalue weighted by Crippen LogP contribution is -2.29. The monoisotopic (exact) mass is 390 g/mol. The third kappa shape index (κ3) is 5.12. The standard InChI is InChI=1S/C21H21F3N2O2/c22-21(23,24)18-8-3-5-15(11-18)12-19(27)25-10-4-9-20(28)26-13-16-6-1-2-7-17(16)14-26/h1-3,5-8,11H,4,9-10,12-14H2,(H,25,27). The Morgan fingerprint density at radius 2 is 1.68 bits per heavy atom. The third-order valence-corrected chi connectivity index (χ3v) is 4.70. The summed E-state index contributed by atoms with van der Waals surface area (Å²) in [5, 5.41) is 2.66. The average Bonchev–Trinajstić information content (AvgIpc) is 3.09. The highest BCUT2D eigenvalue weighted by Crippen LogP contribution is 2.29. The van der Waals surface area contributed by atoms with E-state index < -0.39 is 11.7 Å². The number of amides is 2. The third-order valence-electron chi connectivity index (χ3n) is 4.70. The van der Waals surface area contributed by atoms with Crippen LogP contribution in [0.15, 0.2) is 48.5 Å². The molecule has 0 saturated carbocycles. The largest absolute Gasteiger partial charge is 0.416 e. The van der Waals surface area contributed by atoms with E-state index in [0.29, 0.717) is 38.0 Å². The molecule has 2 aromatic rings. The highest BCUT2D eigenvalue weighted by Gasteiger charge is 2.30. The first-order valence-electron chi connectivity index (χ1n) is 9.10. The number of rotatable bonds is 6. The predicted octanol–water partition coefficient (Wildman–Crippen LogP) is 3.69. The van der Waals surface area contributed by atoms with Crippen LogP contribution in [-0.4, -0.2) is 23.3 Å². The van der Waals surface area contributed by atoms with Gasteiger partial charge in [-0.1, -0.05) is 42.5 Å². The van der Waals surface area contributed by atoms with Crippen LogP contribution in [0, 0.1) is 0 Å². The molecular weight excluding hydrogens is 369 g/mol. The molecule has 1 heterocycles. The molecule has 3 rings (SSSR count). The molecule has 0 unspecified atom stereocenters. The SMILES string of the molecule is O=C(Cc1cccc(C(F)(F)F)c1)NCCCC(=O)N1Cc2ccccc2C1. The predicted molar refractivity (Wildman–Crippen MR) is 98.1 cm³/mol. The summed E-state index contributed by atoms with van der Waals surface area (Å²) in [6.07, 6.45) is -3.75. The Labute approximate surface area is 161 Å². The lowest BCUT2D eigenvalue weighted by molar-refractivity contribution is -0.137. The first-order valence-corrected chi connectivity index (χ1v) is 9.10. The lowest BCUT2D eigenvalue weighted by atomic mass is 10.1. The molecule has 0 bridgehead atoms. The molecule has 0 aliphatic carbocycles. The molecule has 0 aromatic heterocycles. The molecule has 2 amide bonds. The van der Waals surface area contributed by atoms with Crippen molar-refractivity contribution in [3.63, 3.8) is 0 Å². The number of benzene rings is 2. The first kappa shape index (κ1) is 19.9. The minimum absolute atomic E-state index is 0.0309. The van der Waals surface area contributed by atoms with Gasteiger partial charge in [-0.05, 0) is 29.2 Å². The Morgan fingerprint density at radius 1 is 1.00 bits per heavy atom. The quantitative estimate of drug-likeness (QED) is 0.765. The Morgan fingerprint density at radius 3 is 2.32 bits per heavy atom. The smallest absolute Gasteiger partial charge is 0.356 e. The zero-order valence-corrected chi connectivity index (χ0v) is 15.3. The Balaban J connectivity index is 1.39. The van der Waals surface area contributed by atoms with Gasteiger partial charge in [0.15, 0.2) is 0 Å². The van der Waals surface area contributed by atoms with Gasteiger partial charge >= 0.3 is 6.18 Å².